The number of aliphatic hydroxyl groups excluding tert-OH is 1. The van der Waals surface area contributed by atoms with E-state index in [4.69, 9.17) is 27.5 Å². The van der Waals surface area contributed by atoms with Crippen molar-refractivity contribution in [1.82, 2.24) is 4.90 Å². The van der Waals surface area contributed by atoms with E-state index in [2.05, 4.69) is 45.0 Å². The lowest BCUT2D eigenvalue weighted by Crippen LogP contribution is -2.52. The van der Waals surface area contributed by atoms with E-state index >= 15 is 0 Å². The molecule has 0 spiro atoms. The third-order valence-electron chi connectivity index (χ3n) is 6.23. The molecular weight excluding hydrogens is 412 g/mol. The van der Waals surface area contributed by atoms with Crippen LogP contribution in [0.3, 0.4) is 0 Å². The molecule has 3 rings (SSSR count). The van der Waals surface area contributed by atoms with E-state index in [1.54, 1.807) is 0 Å². The van der Waals surface area contributed by atoms with Crippen LogP contribution in [0.1, 0.15) is 56.8 Å². The minimum absolute atomic E-state index is 0.0875. The number of aromatic hydroxyl groups is 2. The van der Waals surface area contributed by atoms with E-state index < -0.39 is 6.10 Å². The van der Waals surface area contributed by atoms with Crippen molar-refractivity contribution in [2.24, 2.45) is 11.7 Å². The van der Waals surface area contributed by atoms with Gasteiger partial charge in [-0.05, 0) is 74.7 Å². The van der Waals surface area contributed by atoms with Crippen molar-refractivity contribution in [3.05, 3.63) is 58.6 Å². The van der Waals surface area contributed by atoms with Crippen molar-refractivity contribution in [2.75, 3.05) is 20.6 Å². The van der Waals surface area contributed by atoms with Crippen molar-refractivity contribution >= 4 is 11.6 Å². The summed E-state index contributed by atoms with van der Waals surface area (Å²) in [6.45, 7) is 4.74. The molecular formula is C25H37ClN2O3. The van der Waals surface area contributed by atoms with E-state index in [1.807, 2.05) is 12.1 Å². The predicted molar refractivity (Wildman–Crippen MR) is 128 cm³/mol. The van der Waals surface area contributed by atoms with Crippen molar-refractivity contribution in [1.29, 1.82) is 0 Å². The normalized spacial score (nSPS) is 16.9. The van der Waals surface area contributed by atoms with Crippen molar-refractivity contribution < 1.29 is 15.3 Å². The Morgan fingerprint density at radius 2 is 1.65 bits per heavy atom. The zero-order valence-electron chi connectivity index (χ0n) is 19.1. The summed E-state index contributed by atoms with van der Waals surface area (Å²) in [6, 6.07) is 13.3. The molecule has 172 valence electrons. The first-order valence-electron chi connectivity index (χ1n) is 10.9. The summed E-state index contributed by atoms with van der Waals surface area (Å²) in [5.74, 6) is 0.278. The molecule has 1 saturated carbocycles. The summed E-state index contributed by atoms with van der Waals surface area (Å²) >= 11 is 6.04. The predicted octanol–water partition coefficient (Wildman–Crippen LogP) is 4.83. The molecule has 5 N–H and O–H groups in total. The number of phenolic OH excluding ortho intramolecular Hbond substituents is 2. The highest BCUT2D eigenvalue weighted by Gasteiger charge is 2.46. The van der Waals surface area contributed by atoms with Gasteiger partial charge in [0, 0.05) is 23.0 Å². The van der Waals surface area contributed by atoms with Crippen LogP contribution in [0.15, 0.2) is 42.5 Å². The second-order valence-corrected chi connectivity index (χ2v) is 9.56. The third-order valence-corrected chi connectivity index (χ3v) is 6.48. The smallest absolute Gasteiger partial charge is 0.157 e. The molecule has 2 atom stereocenters. The molecule has 5 nitrogen and oxygen atoms in total. The Morgan fingerprint density at radius 1 is 1.03 bits per heavy atom. The molecule has 0 bridgehead atoms. The Kier molecular flexibility index (Phi) is 9.19. The Labute approximate surface area is 191 Å². The lowest BCUT2D eigenvalue weighted by molar-refractivity contribution is 0.0808. The van der Waals surface area contributed by atoms with Crippen LogP contribution in [-0.4, -0.2) is 46.9 Å². The van der Waals surface area contributed by atoms with E-state index in [-0.39, 0.29) is 18.0 Å². The lowest BCUT2D eigenvalue weighted by atomic mass is 9.58. The van der Waals surface area contributed by atoms with Gasteiger partial charge in [0.25, 0.3) is 0 Å². The van der Waals surface area contributed by atoms with Gasteiger partial charge in [0.05, 0.1) is 6.10 Å². The van der Waals surface area contributed by atoms with Gasteiger partial charge >= 0.3 is 0 Å². The molecule has 1 aliphatic rings. The molecule has 0 radical (unpaired) electrons. The van der Waals surface area contributed by atoms with Crippen LogP contribution >= 0.6 is 11.6 Å². The average Bonchev–Trinajstić information content (AvgIpc) is 2.69. The largest absolute Gasteiger partial charge is 0.504 e. The second kappa shape index (κ2) is 11.2. The summed E-state index contributed by atoms with van der Waals surface area (Å²) in [4.78, 5) is 2.42. The van der Waals surface area contributed by atoms with E-state index in [0.29, 0.717) is 17.0 Å². The maximum absolute atomic E-state index is 9.23. The van der Waals surface area contributed by atoms with E-state index in [9.17, 15) is 5.11 Å². The highest BCUT2D eigenvalue weighted by Crippen LogP contribution is 2.49. The number of phenols is 2. The van der Waals surface area contributed by atoms with Crippen LogP contribution in [0.4, 0.5) is 0 Å². The standard InChI is InChI=1S/C17H26ClN.C8H11NO3/c1-13(2)12-16(19(3)4)17(10-5-11-17)14-6-8-15(18)9-7-14;9-4-8(12)5-1-2-6(10)7(11)3-5/h6-9,13,16H,5,10-12H2,1-4H3;1-3,8,10-12H,4,9H2/t;8-/m.0/s1. The van der Waals surface area contributed by atoms with E-state index in [0.717, 1.165) is 10.9 Å². The maximum Gasteiger partial charge on any atom is 0.157 e. The average molecular weight is 449 g/mol. The van der Waals surface area contributed by atoms with Gasteiger partial charge in [-0.15, -0.1) is 0 Å². The van der Waals surface area contributed by atoms with Crippen molar-refractivity contribution in [3.8, 4) is 11.5 Å². The Bertz CT molecular complexity index is 820. The number of halogens is 1. The number of hydrogen-bond acceptors (Lipinski definition) is 5. The van der Waals surface area contributed by atoms with Gasteiger partial charge in [-0.3, -0.25) is 0 Å². The first kappa shape index (κ1) is 25.5. The Morgan fingerprint density at radius 3 is 2.06 bits per heavy atom. The molecule has 0 heterocycles. The number of hydrogen-bond donors (Lipinski definition) is 4. The maximum atomic E-state index is 9.23. The van der Waals surface area contributed by atoms with Crippen LogP contribution < -0.4 is 5.73 Å². The second-order valence-electron chi connectivity index (χ2n) is 9.13. The molecule has 0 aliphatic heterocycles. The van der Waals surface area contributed by atoms with E-state index in [1.165, 1.54) is 49.4 Å². The summed E-state index contributed by atoms with van der Waals surface area (Å²) in [6.07, 6.45) is 4.44. The zero-order chi connectivity index (χ0) is 23.2. The fraction of sp³-hybridized carbons (Fsp3) is 0.520. The zero-order valence-corrected chi connectivity index (χ0v) is 19.8. The van der Waals surface area contributed by atoms with Crippen molar-refractivity contribution in [3.63, 3.8) is 0 Å². The lowest BCUT2D eigenvalue weighted by Gasteiger charge is -2.51. The fourth-order valence-electron chi connectivity index (χ4n) is 4.41. The van der Waals surface area contributed by atoms with Gasteiger partial charge in [-0.25, -0.2) is 0 Å². The number of benzene rings is 2. The molecule has 31 heavy (non-hydrogen) atoms. The van der Waals surface area contributed by atoms with Gasteiger partial charge in [-0.2, -0.15) is 0 Å². The highest BCUT2D eigenvalue weighted by molar-refractivity contribution is 6.30. The van der Waals surface area contributed by atoms with Gasteiger partial charge < -0.3 is 26.0 Å². The minimum Gasteiger partial charge on any atom is -0.504 e. The Balaban J connectivity index is 0.000000245. The molecule has 0 amide bonds. The Hall–Kier alpha value is -1.79. The summed E-state index contributed by atoms with van der Waals surface area (Å²) in [5.41, 5.74) is 7.51. The molecule has 1 aliphatic carbocycles. The van der Waals surface area contributed by atoms with Crippen LogP contribution in [0.2, 0.25) is 5.02 Å². The summed E-state index contributed by atoms with van der Waals surface area (Å²) in [5, 5.41) is 28.0. The molecule has 6 heteroatoms. The number of rotatable bonds is 7. The van der Waals surface area contributed by atoms with Crippen LogP contribution in [0.25, 0.3) is 0 Å². The van der Waals surface area contributed by atoms with Crippen molar-refractivity contribution in [2.45, 2.75) is 57.1 Å². The first-order chi connectivity index (χ1) is 14.6. The SMILES string of the molecule is CC(C)CC(N(C)C)C1(c2ccc(Cl)cc2)CCC1.NC[C@H](O)c1ccc(O)c(O)c1. The molecule has 1 fully saturated rings. The topological polar surface area (TPSA) is 90.0 Å². The first-order valence-corrected chi connectivity index (χ1v) is 11.3. The molecule has 2 aromatic carbocycles. The number of likely N-dealkylation sites (N-methyl/N-ethyl adjacent to an activating group) is 1. The van der Waals surface area contributed by atoms with Gasteiger partial charge in [0.2, 0.25) is 0 Å². The van der Waals surface area contributed by atoms with Gasteiger partial charge in [-0.1, -0.05) is 50.1 Å². The van der Waals surface area contributed by atoms with Gasteiger partial charge in [0.15, 0.2) is 11.5 Å². The molecule has 1 unspecified atom stereocenters. The van der Waals surface area contributed by atoms with Crippen LogP contribution in [0, 0.1) is 5.92 Å². The number of nitrogens with two attached hydrogens (primary N) is 1. The quantitative estimate of drug-likeness (QED) is 0.455. The summed E-state index contributed by atoms with van der Waals surface area (Å²) in [7, 11) is 4.45. The summed E-state index contributed by atoms with van der Waals surface area (Å²) < 4.78 is 0. The molecule has 0 aromatic heterocycles. The number of aliphatic hydroxyl groups is 1. The highest BCUT2D eigenvalue weighted by atomic mass is 35.5. The van der Waals surface area contributed by atoms with Crippen LogP contribution in [-0.2, 0) is 5.41 Å². The minimum atomic E-state index is -0.795. The monoisotopic (exact) mass is 448 g/mol. The fourth-order valence-corrected chi connectivity index (χ4v) is 4.54. The third kappa shape index (κ3) is 6.36. The molecule has 2 aromatic rings. The van der Waals surface area contributed by atoms with Gasteiger partial charge in [0.1, 0.15) is 0 Å². The number of nitrogens with zero attached hydrogens (tertiary/aromatic N) is 1. The molecule has 0 saturated heterocycles. The van der Waals surface area contributed by atoms with Crippen LogP contribution in [0.5, 0.6) is 11.5 Å².